The predicted octanol–water partition coefficient (Wildman–Crippen LogP) is 11.7. The van der Waals surface area contributed by atoms with Gasteiger partial charge in [-0.15, -0.1) is 0 Å². The highest BCUT2D eigenvalue weighted by molar-refractivity contribution is 6.33. The first-order valence-corrected chi connectivity index (χ1v) is 16.8. The van der Waals surface area contributed by atoms with Crippen molar-refractivity contribution in [2.24, 2.45) is 5.92 Å². The molecule has 1 atom stereocenters. The number of hydrogen-bond acceptors (Lipinski definition) is 3. The molecule has 43 heavy (non-hydrogen) atoms. The van der Waals surface area contributed by atoms with Crippen molar-refractivity contribution in [3.63, 3.8) is 0 Å². The Morgan fingerprint density at radius 2 is 1.35 bits per heavy atom. The molecule has 0 bridgehead atoms. The summed E-state index contributed by atoms with van der Waals surface area (Å²) < 4.78 is 0. The molecule has 0 N–H and O–H groups in total. The molecule has 3 rings (SSSR count). The molecule has 0 aromatic heterocycles. The first-order valence-electron chi connectivity index (χ1n) is 16.8. The molecular formula is C39H65NO3. The number of fused-ring (bicyclic) bond motifs is 1. The number of Topliss-reactive ketones (excluding diaryl/α,β-unsaturated/α-hetero) is 1. The number of unbranched alkanes of at least 4 members (excludes halogenated alkanes) is 4. The van der Waals surface area contributed by atoms with E-state index in [9.17, 15) is 14.4 Å². The summed E-state index contributed by atoms with van der Waals surface area (Å²) in [4.78, 5) is 34.3. The van der Waals surface area contributed by atoms with Gasteiger partial charge in [0.15, 0.2) is 6.29 Å². The highest BCUT2D eigenvalue weighted by Crippen LogP contribution is 2.34. The molecule has 0 saturated heterocycles. The predicted molar refractivity (Wildman–Crippen MR) is 191 cm³/mol. The summed E-state index contributed by atoms with van der Waals surface area (Å²) in [5.74, 6) is 0.531. The van der Waals surface area contributed by atoms with E-state index >= 15 is 0 Å². The van der Waals surface area contributed by atoms with Gasteiger partial charge in [0, 0.05) is 23.2 Å². The van der Waals surface area contributed by atoms with Crippen molar-refractivity contribution in [3.05, 3.63) is 71.8 Å². The lowest BCUT2D eigenvalue weighted by Crippen LogP contribution is -2.25. The normalized spacial score (nSPS) is 11.3. The van der Waals surface area contributed by atoms with Gasteiger partial charge in [0.2, 0.25) is 5.78 Å². The number of likely N-dealkylation sites (N-methyl/N-ethyl adjacent to an activating group) is 1. The van der Waals surface area contributed by atoms with Crippen LogP contribution in [0, 0.1) is 12.8 Å². The van der Waals surface area contributed by atoms with E-state index in [1.165, 1.54) is 57.8 Å². The van der Waals surface area contributed by atoms with Crippen molar-refractivity contribution in [3.8, 4) is 0 Å². The van der Waals surface area contributed by atoms with Crippen molar-refractivity contribution in [2.45, 2.75) is 134 Å². The monoisotopic (exact) mass is 595 g/mol. The van der Waals surface area contributed by atoms with Crippen LogP contribution in [0.3, 0.4) is 0 Å². The number of ketones is 1. The van der Waals surface area contributed by atoms with Crippen LogP contribution in [0.2, 0.25) is 0 Å². The number of anilines is 1. The molecular weight excluding hydrogens is 530 g/mol. The summed E-state index contributed by atoms with van der Waals surface area (Å²) in [5.41, 5.74) is 3.89. The zero-order chi connectivity index (χ0) is 33.6. The molecule has 0 radical (unpaired) electrons. The van der Waals surface area contributed by atoms with E-state index in [1.807, 2.05) is 51.1 Å². The minimum absolute atomic E-state index is 0.0312. The molecule has 2 aromatic carbocycles. The van der Waals surface area contributed by atoms with Gasteiger partial charge in [-0.3, -0.25) is 14.4 Å². The average molecular weight is 596 g/mol. The molecule has 1 heterocycles. The SMILES string of the molecule is C=C1C(=O)N(CC)c2ccccc21.CC.CCC.CCCCC.CCCCCC(C)CC.Cc1ccccc1C(=O)C=O. The number of carbonyl (C=O) groups excluding carboxylic acids is 3. The molecule has 0 spiro atoms. The number of aldehydes is 1. The van der Waals surface area contributed by atoms with Crippen molar-refractivity contribution in [1.82, 2.24) is 0 Å². The largest absolute Gasteiger partial charge is 0.308 e. The molecule has 4 heteroatoms. The lowest BCUT2D eigenvalue weighted by Gasteiger charge is -2.13. The maximum Gasteiger partial charge on any atom is 0.258 e. The molecule has 4 nitrogen and oxygen atoms in total. The number of nitrogens with zero attached hydrogens (tertiary/aromatic N) is 1. The Labute approximate surface area is 266 Å². The zero-order valence-corrected chi connectivity index (χ0v) is 29.7. The second-order valence-electron chi connectivity index (χ2n) is 10.4. The van der Waals surface area contributed by atoms with Crippen LogP contribution in [0.5, 0.6) is 0 Å². The number of rotatable bonds is 10. The van der Waals surface area contributed by atoms with Crippen LogP contribution in [0.1, 0.15) is 149 Å². The van der Waals surface area contributed by atoms with E-state index in [0.29, 0.717) is 24.0 Å². The number of hydrogen-bond donors (Lipinski definition) is 0. The lowest BCUT2D eigenvalue weighted by molar-refractivity contribution is -0.113. The van der Waals surface area contributed by atoms with Gasteiger partial charge in [0.25, 0.3) is 5.91 Å². The number of amides is 1. The lowest BCUT2D eigenvalue weighted by atomic mass is 10.0. The fourth-order valence-corrected chi connectivity index (χ4v) is 3.88. The molecule has 1 unspecified atom stereocenters. The summed E-state index contributed by atoms with van der Waals surface area (Å²) in [6.45, 7) is 27.8. The third-order valence-corrected chi connectivity index (χ3v) is 6.56. The second kappa shape index (κ2) is 30.4. The van der Waals surface area contributed by atoms with E-state index in [2.05, 4.69) is 55.0 Å². The molecule has 1 aliphatic heterocycles. The van der Waals surface area contributed by atoms with Crippen LogP contribution in [0.15, 0.2) is 55.1 Å². The van der Waals surface area contributed by atoms with Crippen molar-refractivity contribution in [1.29, 1.82) is 0 Å². The molecule has 0 saturated carbocycles. The Kier molecular flexibility index (Phi) is 31.5. The quantitative estimate of drug-likeness (QED) is 0.0902. The van der Waals surface area contributed by atoms with Gasteiger partial charge in [-0.1, -0.05) is 169 Å². The van der Waals surface area contributed by atoms with Gasteiger partial charge in [-0.25, -0.2) is 0 Å². The molecule has 0 aliphatic carbocycles. The Balaban J connectivity index is -0.000000490. The first kappa shape index (κ1) is 44.4. The maximum atomic E-state index is 11.6. The smallest absolute Gasteiger partial charge is 0.258 e. The molecule has 0 fully saturated rings. The van der Waals surface area contributed by atoms with Gasteiger partial charge in [-0.2, -0.15) is 0 Å². The summed E-state index contributed by atoms with van der Waals surface area (Å²) in [6.07, 6.45) is 12.7. The zero-order valence-electron chi connectivity index (χ0n) is 29.7. The highest BCUT2D eigenvalue weighted by Gasteiger charge is 2.28. The van der Waals surface area contributed by atoms with Gasteiger partial charge >= 0.3 is 0 Å². The van der Waals surface area contributed by atoms with Crippen molar-refractivity contribution in [2.75, 3.05) is 11.4 Å². The topological polar surface area (TPSA) is 54.5 Å². The van der Waals surface area contributed by atoms with Crippen molar-refractivity contribution >= 4 is 29.2 Å². The number of carbonyl (C=O) groups is 3. The van der Waals surface area contributed by atoms with E-state index < -0.39 is 5.78 Å². The Morgan fingerprint density at radius 3 is 1.79 bits per heavy atom. The summed E-state index contributed by atoms with van der Waals surface area (Å²) in [6, 6.07) is 14.8. The van der Waals surface area contributed by atoms with Crippen LogP contribution >= 0.6 is 0 Å². The van der Waals surface area contributed by atoms with Gasteiger partial charge < -0.3 is 4.90 Å². The summed E-state index contributed by atoms with van der Waals surface area (Å²) in [7, 11) is 0. The second-order valence-corrected chi connectivity index (χ2v) is 10.4. The Bertz CT molecular complexity index is 993. The van der Waals surface area contributed by atoms with Crippen LogP contribution in [-0.4, -0.2) is 24.5 Å². The number of para-hydroxylation sites is 1. The minimum atomic E-state index is -0.455. The molecule has 2 aromatic rings. The standard InChI is InChI=1S/C11H11NO.C9H8O2.C9H20.C5H12.C3H8.C2H6/c1-3-12-10-7-5-4-6-9(10)8(2)11(12)13;1-7-4-2-3-5-8(7)9(11)6-10;1-4-6-7-8-9(3)5-2;1-3-5-4-2;1-3-2;1-2/h4-7H,2-3H2,1H3;2-6H,1H3;9H,4-8H2,1-3H3;3-5H2,1-2H3;3H2,1-2H3;1-2H3. The van der Waals surface area contributed by atoms with Gasteiger partial charge in [-0.05, 0) is 31.4 Å². The first-order chi connectivity index (χ1) is 20.6. The third-order valence-electron chi connectivity index (χ3n) is 6.56. The number of aryl methyl sites for hydroxylation is 1. The third kappa shape index (κ3) is 19.7. The molecule has 1 amide bonds. The highest BCUT2D eigenvalue weighted by atomic mass is 16.2. The van der Waals surface area contributed by atoms with Gasteiger partial charge in [0.1, 0.15) is 0 Å². The van der Waals surface area contributed by atoms with Crippen LogP contribution in [0.4, 0.5) is 5.69 Å². The average Bonchev–Trinajstić information content (AvgIpc) is 3.28. The van der Waals surface area contributed by atoms with E-state index in [4.69, 9.17) is 0 Å². The summed E-state index contributed by atoms with van der Waals surface area (Å²) in [5, 5.41) is 0. The minimum Gasteiger partial charge on any atom is -0.308 e. The fourth-order valence-electron chi connectivity index (χ4n) is 3.88. The Hall–Kier alpha value is -3.01. The maximum absolute atomic E-state index is 11.6. The van der Waals surface area contributed by atoms with E-state index in [0.717, 1.165) is 22.7 Å². The van der Waals surface area contributed by atoms with Gasteiger partial charge in [0.05, 0.1) is 5.69 Å². The molecule has 244 valence electrons. The Morgan fingerprint density at radius 1 is 0.837 bits per heavy atom. The van der Waals surface area contributed by atoms with E-state index in [-0.39, 0.29) is 5.91 Å². The molecule has 1 aliphatic rings. The van der Waals surface area contributed by atoms with Crippen LogP contribution < -0.4 is 4.90 Å². The van der Waals surface area contributed by atoms with Crippen molar-refractivity contribution < 1.29 is 14.4 Å². The van der Waals surface area contributed by atoms with Crippen LogP contribution in [0.25, 0.3) is 5.57 Å². The fraction of sp³-hybridized carbons (Fsp3) is 0.564. The summed E-state index contributed by atoms with van der Waals surface area (Å²) >= 11 is 0. The van der Waals surface area contributed by atoms with Crippen LogP contribution in [-0.2, 0) is 9.59 Å². The number of benzene rings is 2. The van der Waals surface area contributed by atoms with E-state index in [1.54, 1.807) is 30.0 Å².